The van der Waals surface area contributed by atoms with Gasteiger partial charge in [0.1, 0.15) is 5.60 Å². The molecule has 3 unspecified atom stereocenters. The molecule has 0 N–H and O–H groups in total. The van der Waals surface area contributed by atoms with Crippen LogP contribution in [0.25, 0.3) is 0 Å². The lowest BCUT2D eigenvalue weighted by Crippen LogP contribution is -2.47. The van der Waals surface area contributed by atoms with Crippen molar-refractivity contribution in [3.63, 3.8) is 0 Å². The van der Waals surface area contributed by atoms with Crippen molar-refractivity contribution in [2.75, 3.05) is 26.2 Å². The molecule has 2 saturated heterocycles. The third kappa shape index (κ3) is 3.92. The molecule has 0 amide bonds. The second kappa shape index (κ2) is 6.55. The lowest BCUT2D eigenvalue weighted by Gasteiger charge is -2.43. The van der Waals surface area contributed by atoms with Gasteiger partial charge in [-0.2, -0.15) is 0 Å². The van der Waals surface area contributed by atoms with Gasteiger partial charge < -0.3 is 9.64 Å². The minimum Gasteiger partial charge on any atom is -0.474 e. The van der Waals surface area contributed by atoms with Gasteiger partial charge in [-0.05, 0) is 83.4 Å². The summed E-state index contributed by atoms with van der Waals surface area (Å²) < 4.78 is 6.04. The molecule has 3 rings (SSSR count). The number of hydrogen-bond donors (Lipinski definition) is 0. The lowest BCUT2D eigenvalue weighted by molar-refractivity contribution is -0.0125. The Morgan fingerprint density at radius 3 is 2.42 bits per heavy atom. The van der Waals surface area contributed by atoms with Gasteiger partial charge in [-0.3, -0.25) is 4.90 Å². The van der Waals surface area contributed by atoms with E-state index >= 15 is 0 Å². The first-order valence-electron chi connectivity index (χ1n) is 10.1. The number of nitrogens with zero attached hydrogens (tertiary/aromatic N) is 2. The summed E-state index contributed by atoms with van der Waals surface area (Å²) in [4.78, 5) is 5.24. The summed E-state index contributed by atoms with van der Waals surface area (Å²) in [6.07, 6.45) is 6.87. The Morgan fingerprint density at radius 1 is 1.17 bits per heavy atom. The fraction of sp³-hybridized carbons (Fsp3) is 0.905. The zero-order valence-corrected chi connectivity index (χ0v) is 16.6. The number of ether oxygens (including phenoxy) is 1. The van der Waals surface area contributed by atoms with Crippen LogP contribution in [0, 0.1) is 17.3 Å². The van der Waals surface area contributed by atoms with Crippen LogP contribution >= 0.6 is 0 Å². The molecule has 1 aliphatic carbocycles. The molecule has 24 heavy (non-hydrogen) atoms. The maximum absolute atomic E-state index is 6.04. The van der Waals surface area contributed by atoms with E-state index in [0.29, 0.717) is 5.41 Å². The highest BCUT2D eigenvalue weighted by molar-refractivity contribution is 5.02. The number of fused-ring (bicyclic) bond motifs is 2. The molecular formula is C21H38N2O. The maximum atomic E-state index is 6.04. The predicted molar refractivity (Wildman–Crippen MR) is 101 cm³/mol. The van der Waals surface area contributed by atoms with Crippen molar-refractivity contribution in [2.24, 2.45) is 17.3 Å². The first-order valence-corrected chi connectivity index (χ1v) is 10.1. The number of piperidine rings is 2. The first-order chi connectivity index (χ1) is 11.2. The normalized spacial score (nSPS) is 33.5. The molecule has 3 aliphatic rings. The monoisotopic (exact) mass is 334 g/mol. The van der Waals surface area contributed by atoms with Crippen molar-refractivity contribution in [2.45, 2.75) is 78.4 Å². The molecule has 0 radical (unpaired) electrons. The minimum absolute atomic E-state index is 0.148. The van der Waals surface area contributed by atoms with Crippen LogP contribution in [-0.4, -0.2) is 47.6 Å². The van der Waals surface area contributed by atoms with E-state index in [1.54, 1.807) is 0 Å². The minimum atomic E-state index is -0.148. The van der Waals surface area contributed by atoms with E-state index in [4.69, 9.17) is 4.74 Å². The molecule has 2 aliphatic heterocycles. The fourth-order valence-electron chi connectivity index (χ4n) is 5.05. The number of rotatable bonds is 4. The van der Waals surface area contributed by atoms with Crippen molar-refractivity contribution in [1.82, 2.24) is 9.80 Å². The molecule has 3 fully saturated rings. The average Bonchev–Trinajstić information content (AvgIpc) is 2.80. The molecular weight excluding hydrogens is 296 g/mol. The van der Waals surface area contributed by atoms with E-state index in [2.05, 4.69) is 51.0 Å². The van der Waals surface area contributed by atoms with E-state index in [1.807, 2.05) is 0 Å². The summed E-state index contributed by atoms with van der Waals surface area (Å²) in [6, 6.07) is 0.795. The molecule has 0 aromatic carbocycles. The van der Waals surface area contributed by atoms with Crippen LogP contribution in [0.2, 0.25) is 0 Å². The SMILES string of the molecule is C=C(OC(C)(C)C)N1CC2CC(C1)C(N1CCC(C)(CC)CC1)C2. The van der Waals surface area contributed by atoms with Gasteiger partial charge >= 0.3 is 0 Å². The van der Waals surface area contributed by atoms with Crippen LogP contribution in [-0.2, 0) is 4.74 Å². The maximum Gasteiger partial charge on any atom is 0.182 e. The van der Waals surface area contributed by atoms with E-state index in [0.717, 1.165) is 36.9 Å². The van der Waals surface area contributed by atoms with Crippen molar-refractivity contribution in [3.8, 4) is 0 Å². The highest BCUT2D eigenvalue weighted by atomic mass is 16.5. The molecule has 0 aromatic heterocycles. The molecule has 0 aromatic rings. The van der Waals surface area contributed by atoms with Gasteiger partial charge in [0, 0.05) is 19.1 Å². The molecule has 2 heterocycles. The summed E-state index contributed by atoms with van der Waals surface area (Å²) in [7, 11) is 0. The summed E-state index contributed by atoms with van der Waals surface area (Å²) in [5.41, 5.74) is 0.440. The molecule has 3 heteroatoms. The summed E-state index contributed by atoms with van der Waals surface area (Å²) in [5.74, 6) is 2.51. The quantitative estimate of drug-likeness (QED) is 0.704. The molecule has 3 nitrogen and oxygen atoms in total. The Bertz CT molecular complexity index is 459. The summed E-state index contributed by atoms with van der Waals surface area (Å²) >= 11 is 0. The van der Waals surface area contributed by atoms with Gasteiger partial charge in [0.05, 0.1) is 0 Å². The highest BCUT2D eigenvalue weighted by Gasteiger charge is 2.44. The second-order valence-corrected chi connectivity index (χ2v) is 9.88. The van der Waals surface area contributed by atoms with E-state index < -0.39 is 0 Å². The Labute approximate surface area is 149 Å². The molecule has 1 saturated carbocycles. The van der Waals surface area contributed by atoms with Gasteiger partial charge in [-0.1, -0.05) is 20.3 Å². The Kier molecular flexibility index (Phi) is 4.94. The third-order valence-corrected chi connectivity index (χ3v) is 6.79. The largest absolute Gasteiger partial charge is 0.474 e. The predicted octanol–water partition coefficient (Wildman–Crippen LogP) is 4.50. The van der Waals surface area contributed by atoms with Crippen LogP contribution in [0.5, 0.6) is 0 Å². The van der Waals surface area contributed by atoms with Crippen molar-refractivity contribution in [1.29, 1.82) is 0 Å². The third-order valence-electron chi connectivity index (χ3n) is 6.79. The lowest BCUT2D eigenvalue weighted by atomic mass is 9.77. The van der Waals surface area contributed by atoms with E-state index in [-0.39, 0.29) is 5.60 Å². The standard InChI is InChI=1S/C21H38N2O/c1-7-21(6)8-10-22(11-9-21)19-13-17-12-18(19)15-23(14-17)16(2)24-20(3,4)5/h17-19H,2,7-15H2,1,3-6H3. The van der Waals surface area contributed by atoms with Crippen LogP contribution in [0.3, 0.4) is 0 Å². The smallest absolute Gasteiger partial charge is 0.182 e. The Morgan fingerprint density at radius 2 is 1.83 bits per heavy atom. The van der Waals surface area contributed by atoms with Crippen molar-refractivity contribution in [3.05, 3.63) is 12.5 Å². The van der Waals surface area contributed by atoms with Crippen LogP contribution in [0.4, 0.5) is 0 Å². The second-order valence-electron chi connectivity index (χ2n) is 9.88. The summed E-state index contributed by atoms with van der Waals surface area (Å²) in [5, 5.41) is 0. The van der Waals surface area contributed by atoms with Crippen LogP contribution in [0.1, 0.15) is 66.7 Å². The molecule has 0 spiro atoms. The van der Waals surface area contributed by atoms with Gasteiger partial charge in [-0.15, -0.1) is 0 Å². The number of hydrogen-bond acceptors (Lipinski definition) is 3. The zero-order valence-electron chi connectivity index (χ0n) is 16.6. The Hall–Kier alpha value is -0.700. The number of likely N-dealkylation sites (tertiary alicyclic amines) is 2. The van der Waals surface area contributed by atoms with Gasteiger partial charge in [0.2, 0.25) is 0 Å². The van der Waals surface area contributed by atoms with Crippen molar-refractivity contribution >= 4 is 0 Å². The Balaban J connectivity index is 1.58. The van der Waals surface area contributed by atoms with E-state index in [9.17, 15) is 0 Å². The van der Waals surface area contributed by atoms with E-state index in [1.165, 1.54) is 45.2 Å². The van der Waals surface area contributed by atoms with Crippen LogP contribution in [0.15, 0.2) is 12.5 Å². The average molecular weight is 335 g/mol. The van der Waals surface area contributed by atoms with Gasteiger partial charge in [-0.25, -0.2) is 0 Å². The molecule has 2 bridgehead atoms. The zero-order chi connectivity index (χ0) is 17.5. The van der Waals surface area contributed by atoms with Gasteiger partial charge in [0.15, 0.2) is 5.88 Å². The molecule has 3 atom stereocenters. The highest BCUT2D eigenvalue weighted by Crippen LogP contribution is 2.43. The van der Waals surface area contributed by atoms with Gasteiger partial charge in [0.25, 0.3) is 0 Å². The first kappa shape index (κ1) is 18.1. The fourth-order valence-corrected chi connectivity index (χ4v) is 5.05. The molecule has 138 valence electrons. The summed E-state index contributed by atoms with van der Waals surface area (Å²) in [6.45, 7) is 20.3. The topological polar surface area (TPSA) is 15.7 Å². The van der Waals surface area contributed by atoms with Crippen LogP contribution < -0.4 is 0 Å². The van der Waals surface area contributed by atoms with Crippen molar-refractivity contribution < 1.29 is 4.74 Å².